The maximum atomic E-state index is 11.8. The summed E-state index contributed by atoms with van der Waals surface area (Å²) in [6.07, 6.45) is 0.350. The predicted molar refractivity (Wildman–Crippen MR) is 82.9 cm³/mol. The smallest absolute Gasteiger partial charge is 0.228 e. The highest BCUT2D eigenvalue weighted by molar-refractivity contribution is 14.1. The van der Waals surface area contributed by atoms with E-state index in [0.717, 1.165) is 14.8 Å². The van der Waals surface area contributed by atoms with E-state index in [4.69, 9.17) is 11.6 Å². The Hall–Kier alpha value is -1.07. The van der Waals surface area contributed by atoms with Crippen molar-refractivity contribution in [2.75, 3.05) is 5.32 Å². The van der Waals surface area contributed by atoms with Crippen molar-refractivity contribution >= 4 is 45.8 Å². The highest BCUT2D eigenvalue weighted by Crippen LogP contribution is 2.14. The topological polar surface area (TPSA) is 29.1 Å². The minimum absolute atomic E-state index is 0.0284. The summed E-state index contributed by atoms with van der Waals surface area (Å²) in [5, 5.41) is 3.55. The second-order valence-corrected chi connectivity index (χ2v) is 5.54. The van der Waals surface area contributed by atoms with E-state index in [2.05, 4.69) is 27.9 Å². The van der Waals surface area contributed by atoms with Gasteiger partial charge < -0.3 is 5.32 Å². The molecule has 2 rings (SSSR count). The van der Waals surface area contributed by atoms with Crippen LogP contribution in [-0.4, -0.2) is 5.91 Å². The molecule has 0 saturated carbocycles. The SMILES string of the molecule is O=C(Cc1ccc(Cl)cc1)Nc1cccc(I)c1. The zero-order valence-corrected chi connectivity index (χ0v) is 12.4. The van der Waals surface area contributed by atoms with Gasteiger partial charge in [0.1, 0.15) is 0 Å². The fourth-order valence-corrected chi connectivity index (χ4v) is 2.23. The molecule has 2 aromatic rings. The Balaban J connectivity index is 1.98. The first-order chi connectivity index (χ1) is 8.63. The van der Waals surface area contributed by atoms with E-state index in [1.807, 2.05) is 36.4 Å². The van der Waals surface area contributed by atoms with Gasteiger partial charge in [0.05, 0.1) is 6.42 Å². The molecule has 0 aliphatic carbocycles. The maximum Gasteiger partial charge on any atom is 0.228 e. The number of rotatable bonds is 3. The van der Waals surface area contributed by atoms with E-state index in [1.165, 1.54) is 0 Å². The molecule has 0 atom stereocenters. The minimum atomic E-state index is -0.0284. The molecular formula is C14H11ClINO. The minimum Gasteiger partial charge on any atom is -0.326 e. The Morgan fingerprint density at radius 2 is 1.89 bits per heavy atom. The highest BCUT2D eigenvalue weighted by atomic mass is 127. The van der Waals surface area contributed by atoms with Crippen molar-refractivity contribution in [1.82, 2.24) is 0 Å². The third-order valence-corrected chi connectivity index (χ3v) is 3.31. The van der Waals surface area contributed by atoms with Crippen LogP contribution in [0, 0.1) is 3.57 Å². The molecule has 0 unspecified atom stereocenters. The lowest BCUT2D eigenvalue weighted by molar-refractivity contribution is -0.115. The highest BCUT2D eigenvalue weighted by Gasteiger charge is 2.04. The van der Waals surface area contributed by atoms with Gasteiger partial charge in [-0.05, 0) is 58.5 Å². The van der Waals surface area contributed by atoms with Gasteiger partial charge in [0, 0.05) is 14.3 Å². The van der Waals surface area contributed by atoms with E-state index in [1.54, 1.807) is 12.1 Å². The molecule has 2 aromatic carbocycles. The molecule has 0 aliphatic heterocycles. The fourth-order valence-electron chi connectivity index (χ4n) is 1.56. The Labute approximate surface area is 124 Å². The van der Waals surface area contributed by atoms with Crippen molar-refractivity contribution in [3.05, 3.63) is 62.7 Å². The second-order valence-electron chi connectivity index (χ2n) is 3.86. The molecule has 0 radical (unpaired) electrons. The van der Waals surface area contributed by atoms with Gasteiger partial charge in [-0.25, -0.2) is 0 Å². The van der Waals surface area contributed by atoms with E-state index in [9.17, 15) is 4.79 Å². The van der Waals surface area contributed by atoms with Crippen LogP contribution >= 0.6 is 34.2 Å². The van der Waals surface area contributed by atoms with E-state index >= 15 is 0 Å². The number of amides is 1. The number of anilines is 1. The summed E-state index contributed by atoms with van der Waals surface area (Å²) < 4.78 is 1.09. The Morgan fingerprint density at radius 3 is 2.56 bits per heavy atom. The Bertz CT molecular complexity index is 554. The summed E-state index contributed by atoms with van der Waals surface area (Å²) in [4.78, 5) is 11.8. The monoisotopic (exact) mass is 371 g/mol. The van der Waals surface area contributed by atoms with Gasteiger partial charge >= 0.3 is 0 Å². The largest absolute Gasteiger partial charge is 0.326 e. The van der Waals surface area contributed by atoms with Gasteiger partial charge in [-0.15, -0.1) is 0 Å². The zero-order chi connectivity index (χ0) is 13.0. The molecule has 0 saturated heterocycles. The first-order valence-corrected chi connectivity index (χ1v) is 6.89. The number of hydrogen-bond donors (Lipinski definition) is 1. The Kier molecular flexibility index (Phi) is 4.60. The molecule has 0 bridgehead atoms. The summed E-state index contributed by atoms with van der Waals surface area (Å²) in [5.41, 5.74) is 1.77. The first-order valence-electron chi connectivity index (χ1n) is 5.43. The van der Waals surface area contributed by atoms with E-state index in [0.29, 0.717) is 11.4 Å². The van der Waals surface area contributed by atoms with Gasteiger partial charge in [-0.2, -0.15) is 0 Å². The van der Waals surface area contributed by atoms with Crippen LogP contribution in [0.5, 0.6) is 0 Å². The molecule has 0 aromatic heterocycles. The lowest BCUT2D eigenvalue weighted by atomic mass is 10.1. The number of hydrogen-bond acceptors (Lipinski definition) is 1. The standard InChI is InChI=1S/C14H11ClINO/c15-11-6-4-10(5-7-11)8-14(18)17-13-3-1-2-12(16)9-13/h1-7,9H,8H2,(H,17,18). The van der Waals surface area contributed by atoms with Crippen molar-refractivity contribution in [1.29, 1.82) is 0 Å². The quantitative estimate of drug-likeness (QED) is 0.808. The molecule has 1 amide bonds. The molecule has 0 fully saturated rings. The van der Waals surface area contributed by atoms with Crippen molar-refractivity contribution in [2.24, 2.45) is 0 Å². The lowest BCUT2D eigenvalue weighted by Crippen LogP contribution is -2.14. The second kappa shape index (κ2) is 6.20. The molecule has 18 heavy (non-hydrogen) atoms. The normalized spacial score (nSPS) is 10.1. The van der Waals surface area contributed by atoms with E-state index < -0.39 is 0 Å². The zero-order valence-electron chi connectivity index (χ0n) is 9.49. The average Bonchev–Trinajstić information content (AvgIpc) is 2.32. The van der Waals surface area contributed by atoms with Crippen molar-refractivity contribution in [3.8, 4) is 0 Å². The van der Waals surface area contributed by atoms with Gasteiger partial charge in [0.25, 0.3) is 0 Å². The number of halogens is 2. The summed E-state index contributed by atoms with van der Waals surface area (Å²) >= 11 is 8.01. The molecule has 0 aliphatic rings. The number of carbonyl (C=O) groups excluding carboxylic acids is 1. The molecule has 2 nitrogen and oxygen atoms in total. The third-order valence-electron chi connectivity index (χ3n) is 2.39. The van der Waals surface area contributed by atoms with Crippen LogP contribution in [0.3, 0.4) is 0 Å². The lowest BCUT2D eigenvalue weighted by Gasteiger charge is -2.05. The van der Waals surface area contributed by atoms with Crippen LogP contribution in [0.2, 0.25) is 5.02 Å². The molecule has 0 heterocycles. The average molecular weight is 372 g/mol. The molecule has 4 heteroatoms. The van der Waals surface area contributed by atoms with Crippen LogP contribution in [0.25, 0.3) is 0 Å². The van der Waals surface area contributed by atoms with Crippen LogP contribution in [0.4, 0.5) is 5.69 Å². The molecule has 92 valence electrons. The maximum absolute atomic E-state index is 11.8. The summed E-state index contributed by atoms with van der Waals surface area (Å²) in [6, 6.07) is 15.0. The molecule has 1 N–H and O–H groups in total. The Morgan fingerprint density at radius 1 is 1.17 bits per heavy atom. The van der Waals surface area contributed by atoms with Crippen molar-refractivity contribution < 1.29 is 4.79 Å². The summed E-state index contributed by atoms with van der Waals surface area (Å²) in [7, 11) is 0. The van der Waals surface area contributed by atoms with Gasteiger partial charge in [-0.3, -0.25) is 4.79 Å². The molecular weight excluding hydrogens is 361 g/mol. The van der Waals surface area contributed by atoms with Gasteiger partial charge in [0.2, 0.25) is 5.91 Å². The van der Waals surface area contributed by atoms with Crippen LogP contribution in [-0.2, 0) is 11.2 Å². The number of carbonyl (C=O) groups is 1. The number of nitrogens with one attached hydrogen (secondary N) is 1. The van der Waals surface area contributed by atoms with Crippen LogP contribution in [0.1, 0.15) is 5.56 Å². The number of benzene rings is 2. The predicted octanol–water partition coefficient (Wildman–Crippen LogP) is 4.13. The summed E-state index contributed by atoms with van der Waals surface area (Å²) in [5.74, 6) is -0.0284. The van der Waals surface area contributed by atoms with Gasteiger partial charge in [-0.1, -0.05) is 29.8 Å². The fraction of sp³-hybridized carbons (Fsp3) is 0.0714. The first kappa shape index (κ1) is 13.4. The van der Waals surface area contributed by atoms with Gasteiger partial charge in [0.15, 0.2) is 0 Å². The van der Waals surface area contributed by atoms with Crippen molar-refractivity contribution in [2.45, 2.75) is 6.42 Å². The third kappa shape index (κ3) is 3.99. The van der Waals surface area contributed by atoms with Crippen LogP contribution < -0.4 is 5.32 Å². The molecule has 0 spiro atoms. The van der Waals surface area contributed by atoms with Crippen LogP contribution in [0.15, 0.2) is 48.5 Å². The van der Waals surface area contributed by atoms with E-state index in [-0.39, 0.29) is 5.91 Å². The van der Waals surface area contributed by atoms with Crippen molar-refractivity contribution in [3.63, 3.8) is 0 Å². The summed E-state index contributed by atoms with van der Waals surface area (Å²) in [6.45, 7) is 0.